The summed E-state index contributed by atoms with van der Waals surface area (Å²) < 4.78 is 38.7. The summed E-state index contributed by atoms with van der Waals surface area (Å²) in [6, 6.07) is 8.26. The van der Waals surface area contributed by atoms with Gasteiger partial charge in [0.1, 0.15) is 0 Å². The largest absolute Gasteiger partial charge is 0.465 e. The molecule has 0 radical (unpaired) electrons. The molecule has 10 heteroatoms. The number of halogens is 1. The fraction of sp³-hybridized carbons (Fsp3) is 0.588. The van der Waals surface area contributed by atoms with Crippen molar-refractivity contribution >= 4 is 44.9 Å². The summed E-state index contributed by atoms with van der Waals surface area (Å²) in [7, 11) is -1.69. The third-order valence-electron chi connectivity index (χ3n) is 7.82. The third kappa shape index (κ3) is 12.3. The lowest BCUT2D eigenvalue weighted by molar-refractivity contribution is 0.0599. The molecule has 0 bridgehead atoms. The maximum atomic E-state index is 13.9. The van der Waals surface area contributed by atoms with E-state index in [4.69, 9.17) is 26.8 Å². The lowest BCUT2D eigenvalue weighted by Crippen LogP contribution is -2.32. The minimum absolute atomic E-state index is 0.0354. The molecule has 0 aliphatic heterocycles. The molecule has 0 aromatic heterocycles. The van der Waals surface area contributed by atoms with E-state index >= 15 is 0 Å². The Labute approximate surface area is 269 Å². The van der Waals surface area contributed by atoms with Gasteiger partial charge in [-0.1, -0.05) is 115 Å². The van der Waals surface area contributed by atoms with Crippen molar-refractivity contribution in [1.82, 2.24) is 0 Å². The summed E-state index contributed by atoms with van der Waals surface area (Å²) in [5.74, 6) is -1.40. The van der Waals surface area contributed by atoms with Crippen LogP contribution in [0.5, 0.6) is 0 Å². The topological polar surface area (TPSA) is 116 Å². The van der Waals surface area contributed by atoms with E-state index in [0.29, 0.717) is 6.42 Å². The zero-order chi connectivity index (χ0) is 32.4. The van der Waals surface area contributed by atoms with Crippen LogP contribution in [-0.2, 0) is 19.5 Å². The summed E-state index contributed by atoms with van der Waals surface area (Å²) in [6.45, 7) is 2.40. The standard InChI is InChI=1S/C34H51ClN2O6S/c1-4-5-6-7-8-9-10-11-12-13-14-15-16-17-18-19-22-37(44(40,41)30-20-21-31(35)32(36)26-30)29-24-27(33(38)42-2)23-28(25-29)34(39)43-3/h20-21,23-26H,4-19,22,36H2,1-3H3. The van der Waals surface area contributed by atoms with Gasteiger partial charge in [0.2, 0.25) is 0 Å². The van der Waals surface area contributed by atoms with Crippen LogP contribution in [0.4, 0.5) is 11.4 Å². The molecule has 8 nitrogen and oxygen atoms in total. The Morgan fingerprint density at radius 2 is 1.14 bits per heavy atom. The number of nitrogens with zero attached hydrogens (tertiary/aromatic N) is 1. The number of nitrogen functional groups attached to an aromatic ring is 1. The number of carbonyl (C=O) groups excluding carboxylic acids is 2. The van der Waals surface area contributed by atoms with E-state index in [2.05, 4.69) is 6.92 Å². The molecule has 0 aliphatic carbocycles. The van der Waals surface area contributed by atoms with Gasteiger partial charge in [0.25, 0.3) is 10.0 Å². The Morgan fingerprint density at radius 1 is 0.705 bits per heavy atom. The normalized spacial score (nSPS) is 11.4. The second kappa shape index (κ2) is 20.3. The van der Waals surface area contributed by atoms with E-state index in [0.717, 1.165) is 19.3 Å². The van der Waals surface area contributed by atoms with Gasteiger partial charge in [-0.15, -0.1) is 0 Å². The second-order valence-electron chi connectivity index (χ2n) is 11.3. The van der Waals surface area contributed by atoms with Crippen LogP contribution in [-0.4, -0.2) is 41.1 Å². The molecule has 2 N–H and O–H groups in total. The van der Waals surface area contributed by atoms with Gasteiger partial charge in [0, 0.05) is 6.54 Å². The molecule has 0 aliphatic rings. The molecule has 0 saturated carbocycles. The number of methoxy groups -OCH3 is 2. The molecular weight excluding hydrogens is 600 g/mol. The van der Waals surface area contributed by atoms with E-state index in [-0.39, 0.29) is 39.0 Å². The van der Waals surface area contributed by atoms with E-state index in [9.17, 15) is 18.0 Å². The fourth-order valence-corrected chi connectivity index (χ4v) is 6.87. The van der Waals surface area contributed by atoms with Crippen LogP contribution in [0.15, 0.2) is 41.3 Å². The number of unbranched alkanes of at least 4 members (excludes halogenated alkanes) is 15. The molecular formula is C34H51ClN2O6S. The summed E-state index contributed by atoms with van der Waals surface area (Å²) in [4.78, 5) is 24.8. The number of hydrogen-bond donors (Lipinski definition) is 1. The van der Waals surface area contributed by atoms with Crippen molar-refractivity contribution in [2.75, 3.05) is 30.8 Å². The number of carbonyl (C=O) groups is 2. The van der Waals surface area contributed by atoms with Crippen LogP contribution < -0.4 is 10.0 Å². The van der Waals surface area contributed by atoms with Crippen molar-refractivity contribution < 1.29 is 27.5 Å². The third-order valence-corrected chi connectivity index (χ3v) is 9.99. The van der Waals surface area contributed by atoms with Crippen LogP contribution >= 0.6 is 11.6 Å². The molecule has 0 saturated heterocycles. The molecule has 2 aromatic rings. The number of sulfonamides is 1. The SMILES string of the molecule is CCCCCCCCCCCCCCCCCCN(c1cc(C(=O)OC)cc(C(=O)OC)c1)S(=O)(=O)c1ccc(Cl)c(N)c1. The summed E-state index contributed by atoms with van der Waals surface area (Å²) in [5.41, 5.74) is 6.28. The average molecular weight is 651 g/mol. The van der Waals surface area contributed by atoms with Crippen molar-refractivity contribution in [3.63, 3.8) is 0 Å². The summed E-state index contributed by atoms with van der Waals surface area (Å²) >= 11 is 6.05. The Kier molecular flexibility index (Phi) is 17.2. The average Bonchev–Trinajstić information content (AvgIpc) is 3.02. The molecule has 0 fully saturated rings. The molecule has 0 unspecified atom stereocenters. The minimum Gasteiger partial charge on any atom is -0.465 e. The first-order valence-corrected chi connectivity index (χ1v) is 17.9. The maximum absolute atomic E-state index is 13.9. The van der Waals surface area contributed by atoms with Gasteiger partial charge < -0.3 is 15.2 Å². The van der Waals surface area contributed by atoms with Crippen molar-refractivity contribution in [3.05, 3.63) is 52.5 Å². The highest BCUT2D eigenvalue weighted by atomic mass is 35.5. The number of hydrogen-bond acceptors (Lipinski definition) is 7. The number of nitrogens with two attached hydrogens (primary N) is 1. The number of benzene rings is 2. The van der Waals surface area contributed by atoms with Gasteiger partial charge in [0.15, 0.2) is 0 Å². The molecule has 0 heterocycles. The van der Waals surface area contributed by atoms with Crippen molar-refractivity contribution in [1.29, 1.82) is 0 Å². The van der Waals surface area contributed by atoms with Gasteiger partial charge in [-0.2, -0.15) is 0 Å². The Bertz CT molecular complexity index is 1250. The Balaban J connectivity index is 1.99. The summed E-state index contributed by atoms with van der Waals surface area (Å²) in [5, 5.41) is 0.244. The number of esters is 2. The molecule has 44 heavy (non-hydrogen) atoms. The molecule has 246 valence electrons. The predicted octanol–water partition coefficient (Wildman–Crippen LogP) is 8.95. The van der Waals surface area contributed by atoms with E-state index in [1.165, 1.54) is 132 Å². The van der Waals surface area contributed by atoms with Crippen LogP contribution in [0.25, 0.3) is 0 Å². The molecule has 2 aromatic carbocycles. The first-order chi connectivity index (χ1) is 21.1. The Hall–Kier alpha value is -2.78. The maximum Gasteiger partial charge on any atom is 0.337 e. The quantitative estimate of drug-likeness (QED) is 0.0768. The van der Waals surface area contributed by atoms with Gasteiger partial charge in [-0.05, 0) is 42.8 Å². The molecule has 2 rings (SSSR count). The van der Waals surface area contributed by atoms with Crippen molar-refractivity contribution in [2.45, 2.75) is 115 Å². The van der Waals surface area contributed by atoms with Crippen LogP contribution in [0.2, 0.25) is 5.02 Å². The zero-order valence-corrected chi connectivity index (χ0v) is 28.3. The van der Waals surface area contributed by atoms with Gasteiger partial charge in [-0.3, -0.25) is 4.31 Å². The fourth-order valence-electron chi connectivity index (χ4n) is 5.23. The van der Waals surface area contributed by atoms with E-state index < -0.39 is 22.0 Å². The van der Waals surface area contributed by atoms with Crippen LogP contribution in [0.1, 0.15) is 130 Å². The highest BCUT2D eigenvalue weighted by Gasteiger charge is 2.27. The molecule has 0 atom stereocenters. The lowest BCUT2D eigenvalue weighted by Gasteiger charge is -2.26. The minimum atomic E-state index is -4.12. The van der Waals surface area contributed by atoms with Crippen LogP contribution in [0.3, 0.4) is 0 Å². The molecule has 0 spiro atoms. The van der Waals surface area contributed by atoms with Gasteiger partial charge in [-0.25, -0.2) is 18.0 Å². The smallest absolute Gasteiger partial charge is 0.337 e. The second-order valence-corrected chi connectivity index (χ2v) is 13.6. The Morgan fingerprint density at radius 3 is 1.55 bits per heavy atom. The first-order valence-electron chi connectivity index (χ1n) is 16.0. The monoisotopic (exact) mass is 650 g/mol. The van der Waals surface area contributed by atoms with E-state index in [1.54, 1.807) is 0 Å². The summed E-state index contributed by atoms with van der Waals surface area (Å²) in [6.07, 6.45) is 19.3. The number of anilines is 2. The van der Waals surface area contributed by atoms with Gasteiger partial charge in [0.05, 0.1) is 46.6 Å². The van der Waals surface area contributed by atoms with Crippen molar-refractivity contribution in [3.8, 4) is 0 Å². The van der Waals surface area contributed by atoms with Crippen LogP contribution in [0, 0.1) is 0 Å². The zero-order valence-electron chi connectivity index (χ0n) is 26.7. The van der Waals surface area contributed by atoms with Gasteiger partial charge >= 0.3 is 11.9 Å². The lowest BCUT2D eigenvalue weighted by atomic mass is 10.0. The van der Waals surface area contributed by atoms with Crippen molar-refractivity contribution in [2.24, 2.45) is 0 Å². The highest BCUT2D eigenvalue weighted by Crippen LogP contribution is 2.30. The first kappa shape index (κ1) is 37.4. The predicted molar refractivity (Wildman–Crippen MR) is 179 cm³/mol. The number of rotatable bonds is 22. The highest BCUT2D eigenvalue weighted by molar-refractivity contribution is 7.92. The number of ether oxygens (including phenoxy) is 2. The molecule has 0 amide bonds. The van der Waals surface area contributed by atoms with E-state index in [1.807, 2.05) is 0 Å².